The van der Waals surface area contributed by atoms with E-state index in [1.54, 1.807) is 6.07 Å². The first-order valence-corrected chi connectivity index (χ1v) is 6.18. The molecular formula is C14H14ClNO2. The Morgan fingerprint density at radius 1 is 1.22 bits per heavy atom. The SMILES string of the molecule is O=c1[nH]c(Cl)cc(-c2ccccc2)c1CCCO. The van der Waals surface area contributed by atoms with Crippen LogP contribution in [-0.4, -0.2) is 16.7 Å². The molecule has 18 heavy (non-hydrogen) atoms. The minimum atomic E-state index is -0.185. The molecule has 0 bridgehead atoms. The zero-order valence-corrected chi connectivity index (χ0v) is 10.6. The summed E-state index contributed by atoms with van der Waals surface area (Å²) < 4.78 is 0. The number of nitrogens with one attached hydrogen (secondary N) is 1. The van der Waals surface area contributed by atoms with E-state index in [0.717, 1.165) is 11.1 Å². The fourth-order valence-corrected chi connectivity index (χ4v) is 2.13. The highest BCUT2D eigenvalue weighted by atomic mass is 35.5. The van der Waals surface area contributed by atoms with Crippen molar-refractivity contribution < 1.29 is 5.11 Å². The number of H-pyrrole nitrogens is 1. The molecule has 0 aliphatic rings. The molecule has 0 aliphatic carbocycles. The van der Waals surface area contributed by atoms with Crippen LogP contribution in [0.15, 0.2) is 41.2 Å². The minimum absolute atomic E-state index is 0.0658. The average molecular weight is 264 g/mol. The Hall–Kier alpha value is -1.58. The Bertz CT molecular complexity index is 578. The number of hydrogen-bond acceptors (Lipinski definition) is 2. The molecule has 0 saturated heterocycles. The molecule has 0 unspecified atom stereocenters. The number of pyridine rings is 1. The van der Waals surface area contributed by atoms with Gasteiger partial charge in [-0.15, -0.1) is 0 Å². The van der Waals surface area contributed by atoms with Gasteiger partial charge in [0.1, 0.15) is 5.15 Å². The van der Waals surface area contributed by atoms with Crippen molar-refractivity contribution in [3.8, 4) is 11.1 Å². The van der Waals surface area contributed by atoms with Crippen LogP contribution >= 0.6 is 11.6 Å². The summed E-state index contributed by atoms with van der Waals surface area (Å²) in [4.78, 5) is 14.5. The van der Waals surface area contributed by atoms with Gasteiger partial charge in [-0.25, -0.2) is 0 Å². The van der Waals surface area contributed by atoms with Crippen molar-refractivity contribution >= 4 is 11.6 Å². The second-order valence-corrected chi connectivity index (χ2v) is 4.44. The summed E-state index contributed by atoms with van der Waals surface area (Å²) in [5.74, 6) is 0. The van der Waals surface area contributed by atoms with Crippen LogP contribution in [0.5, 0.6) is 0 Å². The van der Waals surface area contributed by atoms with Crippen LogP contribution < -0.4 is 5.56 Å². The third-order valence-corrected chi connectivity index (χ3v) is 2.98. The van der Waals surface area contributed by atoms with E-state index in [2.05, 4.69) is 4.98 Å². The first kappa shape index (κ1) is 12.9. The van der Waals surface area contributed by atoms with E-state index in [4.69, 9.17) is 16.7 Å². The fraction of sp³-hybridized carbons (Fsp3) is 0.214. The van der Waals surface area contributed by atoms with Crippen LogP contribution in [0.1, 0.15) is 12.0 Å². The van der Waals surface area contributed by atoms with E-state index in [1.165, 1.54) is 0 Å². The van der Waals surface area contributed by atoms with E-state index in [9.17, 15) is 4.79 Å². The molecule has 1 aromatic heterocycles. The van der Waals surface area contributed by atoms with Gasteiger partial charge in [-0.1, -0.05) is 41.9 Å². The molecule has 2 aromatic rings. The number of benzene rings is 1. The molecular weight excluding hydrogens is 250 g/mol. The molecule has 2 N–H and O–H groups in total. The summed E-state index contributed by atoms with van der Waals surface area (Å²) >= 11 is 5.90. The molecule has 0 spiro atoms. The minimum Gasteiger partial charge on any atom is -0.396 e. The number of aromatic nitrogens is 1. The van der Waals surface area contributed by atoms with Crippen molar-refractivity contribution in [1.29, 1.82) is 0 Å². The number of aliphatic hydroxyl groups is 1. The van der Waals surface area contributed by atoms with Crippen molar-refractivity contribution in [3.05, 3.63) is 57.5 Å². The maximum atomic E-state index is 11.9. The molecule has 94 valence electrons. The van der Waals surface area contributed by atoms with Crippen LogP contribution in [0.25, 0.3) is 11.1 Å². The summed E-state index contributed by atoms with van der Waals surface area (Å²) in [6.45, 7) is 0.0658. The predicted molar refractivity (Wildman–Crippen MR) is 72.9 cm³/mol. The smallest absolute Gasteiger partial charge is 0.252 e. The van der Waals surface area contributed by atoms with Gasteiger partial charge in [0.2, 0.25) is 0 Å². The first-order chi connectivity index (χ1) is 8.72. The van der Waals surface area contributed by atoms with Crippen LogP contribution in [0.4, 0.5) is 0 Å². The van der Waals surface area contributed by atoms with E-state index in [-0.39, 0.29) is 12.2 Å². The number of hydrogen-bond donors (Lipinski definition) is 2. The predicted octanol–water partition coefficient (Wildman–Crippen LogP) is 2.62. The number of rotatable bonds is 4. The van der Waals surface area contributed by atoms with E-state index >= 15 is 0 Å². The van der Waals surface area contributed by atoms with Gasteiger partial charge in [0.25, 0.3) is 5.56 Å². The lowest BCUT2D eigenvalue weighted by Gasteiger charge is -2.09. The Labute approximate surface area is 110 Å². The van der Waals surface area contributed by atoms with Gasteiger partial charge < -0.3 is 10.1 Å². The van der Waals surface area contributed by atoms with Crippen molar-refractivity contribution in [2.24, 2.45) is 0 Å². The Morgan fingerprint density at radius 3 is 2.61 bits per heavy atom. The second kappa shape index (κ2) is 5.85. The highest BCUT2D eigenvalue weighted by Gasteiger charge is 2.10. The quantitative estimate of drug-likeness (QED) is 0.833. The standard InChI is InChI=1S/C14H14ClNO2/c15-13-9-12(10-5-2-1-3-6-10)11(7-4-8-17)14(18)16-13/h1-3,5-6,9,17H,4,7-8H2,(H,16,18). The van der Waals surface area contributed by atoms with E-state index < -0.39 is 0 Å². The summed E-state index contributed by atoms with van der Waals surface area (Å²) in [6.07, 6.45) is 1.10. The normalized spacial score (nSPS) is 10.6. The third kappa shape index (κ3) is 2.81. The van der Waals surface area contributed by atoms with Crippen LogP contribution in [0.2, 0.25) is 5.15 Å². The van der Waals surface area contributed by atoms with Crippen LogP contribution in [0.3, 0.4) is 0 Å². The fourth-order valence-electron chi connectivity index (χ4n) is 1.94. The molecule has 3 nitrogen and oxygen atoms in total. The highest BCUT2D eigenvalue weighted by Crippen LogP contribution is 2.24. The van der Waals surface area contributed by atoms with Crippen molar-refractivity contribution in [3.63, 3.8) is 0 Å². The Kier molecular flexibility index (Phi) is 4.18. The Balaban J connectivity index is 2.54. The summed E-state index contributed by atoms with van der Waals surface area (Å²) in [7, 11) is 0. The zero-order chi connectivity index (χ0) is 13.0. The molecule has 0 fully saturated rings. The van der Waals surface area contributed by atoms with Gasteiger partial charge in [0, 0.05) is 12.2 Å². The van der Waals surface area contributed by atoms with Crippen molar-refractivity contribution in [2.45, 2.75) is 12.8 Å². The van der Waals surface area contributed by atoms with Gasteiger partial charge in [-0.3, -0.25) is 4.79 Å². The van der Waals surface area contributed by atoms with Gasteiger partial charge in [-0.05, 0) is 30.0 Å². The van der Waals surface area contributed by atoms with Crippen molar-refractivity contribution in [1.82, 2.24) is 4.98 Å². The van der Waals surface area contributed by atoms with Gasteiger partial charge >= 0.3 is 0 Å². The summed E-state index contributed by atoms with van der Waals surface area (Å²) in [6, 6.07) is 11.4. The second-order valence-electron chi connectivity index (χ2n) is 4.03. The van der Waals surface area contributed by atoms with Gasteiger partial charge in [-0.2, -0.15) is 0 Å². The highest BCUT2D eigenvalue weighted by molar-refractivity contribution is 6.29. The lowest BCUT2D eigenvalue weighted by molar-refractivity contribution is 0.288. The molecule has 4 heteroatoms. The van der Waals surface area contributed by atoms with Gasteiger partial charge in [0.15, 0.2) is 0 Å². The monoisotopic (exact) mass is 263 g/mol. The number of halogens is 1. The molecule has 0 radical (unpaired) electrons. The molecule has 1 heterocycles. The summed E-state index contributed by atoms with van der Waals surface area (Å²) in [5, 5.41) is 9.22. The summed E-state index contributed by atoms with van der Waals surface area (Å²) in [5.41, 5.74) is 2.27. The molecule has 0 amide bonds. The Morgan fingerprint density at radius 2 is 1.94 bits per heavy atom. The maximum Gasteiger partial charge on any atom is 0.252 e. The molecule has 1 aromatic carbocycles. The zero-order valence-electron chi connectivity index (χ0n) is 9.82. The van der Waals surface area contributed by atoms with E-state index in [1.807, 2.05) is 30.3 Å². The first-order valence-electron chi connectivity index (χ1n) is 5.80. The number of aromatic amines is 1. The topological polar surface area (TPSA) is 53.1 Å². The van der Waals surface area contributed by atoms with E-state index in [0.29, 0.717) is 23.6 Å². The molecule has 2 rings (SSSR count). The van der Waals surface area contributed by atoms with Crippen molar-refractivity contribution in [2.75, 3.05) is 6.61 Å². The lowest BCUT2D eigenvalue weighted by atomic mass is 9.99. The van der Waals surface area contributed by atoms with Gasteiger partial charge in [0.05, 0.1) is 0 Å². The molecule has 0 atom stereocenters. The lowest BCUT2D eigenvalue weighted by Crippen LogP contribution is -2.14. The molecule has 0 aliphatic heterocycles. The molecule has 0 saturated carbocycles. The number of aliphatic hydroxyl groups excluding tert-OH is 1. The average Bonchev–Trinajstić information content (AvgIpc) is 2.38. The maximum absolute atomic E-state index is 11.9. The largest absolute Gasteiger partial charge is 0.396 e. The third-order valence-electron chi connectivity index (χ3n) is 2.77. The van der Waals surface area contributed by atoms with Crippen LogP contribution in [-0.2, 0) is 6.42 Å². The van der Waals surface area contributed by atoms with Crippen LogP contribution in [0, 0.1) is 0 Å².